The van der Waals surface area contributed by atoms with Crippen LogP contribution in [0.2, 0.25) is 0 Å². The lowest BCUT2D eigenvalue weighted by molar-refractivity contribution is -0.136. The summed E-state index contributed by atoms with van der Waals surface area (Å²) >= 11 is 1.30. The highest BCUT2D eigenvalue weighted by atomic mass is 32.1. The molecular weight excluding hydrogens is 326 g/mol. The van der Waals surface area contributed by atoms with Gasteiger partial charge < -0.3 is 15.7 Å². The number of aliphatic hydroxyl groups is 1. The van der Waals surface area contributed by atoms with Crippen molar-refractivity contribution in [2.24, 2.45) is 0 Å². The van der Waals surface area contributed by atoms with Gasteiger partial charge in [0.15, 0.2) is 0 Å². The van der Waals surface area contributed by atoms with E-state index in [0.717, 1.165) is 18.2 Å². The van der Waals surface area contributed by atoms with Crippen LogP contribution in [0.3, 0.4) is 0 Å². The number of benzene rings is 1. The van der Waals surface area contributed by atoms with Gasteiger partial charge in [0, 0.05) is 4.88 Å². The second-order valence-electron chi connectivity index (χ2n) is 4.98. The molecule has 1 unspecified atom stereocenters. The Balaban J connectivity index is 1.97. The molecule has 0 bridgehead atoms. The van der Waals surface area contributed by atoms with Gasteiger partial charge in [0.25, 0.3) is 0 Å². The zero-order valence-corrected chi connectivity index (χ0v) is 12.9. The maximum atomic E-state index is 13.4. The van der Waals surface area contributed by atoms with Gasteiger partial charge in [-0.15, -0.1) is 11.3 Å². The van der Waals surface area contributed by atoms with E-state index in [4.69, 9.17) is 0 Å². The van der Waals surface area contributed by atoms with Gasteiger partial charge in [-0.3, -0.25) is 9.59 Å². The lowest BCUT2D eigenvalue weighted by Gasteiger charge is -2.22. The number of hydrogen-bond acceptors (Lipinski definition) is 4. The van der Waals surface area contributed by atoms with Crippen molar-refractivity contribution in [1.29, 1.82) is 0 Å². The molecule has 1 atom stereocenters. The van der Waals surface area contributed by atoms with E-state index in [0.29, 0.717) is 4.88 Å². The van der Waals surface area contributed by atoms with Crippen LogP contribution in [0.1, 0.15) is 11.8 Å². The van der Waals surface area contributed by atoms with E-state index < -0.39 is 34.7 Å². The number of anilines is 1. The van der Waals surface area contributed by atoms with Crippen LogP contribution in [-0.4, -0.2) is 23.5 Å². The van der Waals surface area contributed by atoms with Crippen molar-refractivity contribution in [3.8, 4) is 0 Å². The lowest BCUT2D eigenvalue weighted by atomic mass is 10.1. The van der Waals surface area contributed by atoms with Crippen LogP contribution in [0, 0.1) is 11.6 Å². The first-order chi connectivity index (χ1) is 10.8. The molecule has 0 saturated carbocycles. The first-order valence-electron chi connectivity index (χ1n) is 6.61. The Morgan fingerprint density at radius 3 is 2.39 bits per heavy atom. The highest BCUT2D eigenvalue weighted by Gasteiger charge is 2.26. The first kappa shape index (κ1) is 17.0. The maximum Gasteiger partial charge on any atom is 0.313 e. The van der Waals surface area contributed by atoms with E-state index in [1.54, 1.807) is 17.5 Å². The quantitative estimate of drug-likeness (QED) is 0.745. The molecule has 1 aromatic carbocycles. The van der Waals surface area contributed by atoms with Gasteiger partial charge in [-0.25, -0.2) is 8.78 Å². The van der Waals surface area contributed by atoms with E-state index >= 15 is 0 Å². The molecule has 122 valence electrons. The van der Waals surface area contributed by atoms with E-state index in [1.807, 2.05) is 5.32 Å². The summed E-state index contributed by atoms with van der Waals surface area (Å²) in [6.45, 7) is 1.26. The van der Waals surface area contributed by atoms with Crippen LogP contribution in [0.5, 0.6) is 0 Å². The Morgan fingerprint density at radius 1 is 1.17 bits per heavy atom. The van der Waals surface area contributed by atoms with Gasteiger partial charge in [-0.2, -0.15) is 0 Å². The highest BCUT2D eigenvalue weighted by Crippen LogP contribution is 2.24. The Kier molecular flexibility index (Phi) is 5.07. The summed E-state index contributed by atoms with van der Waals surface area (Å²) in [5.74, 6) is -4.31. The van der Waals surface area contributed by atoms with Crippen LogP contribution >= 0.6 is 11.3 Å². The van der Waals surface area contributed by atoms with Gasteiger partial charge in [0.1, 0.15) is 22.9 Å². The van der Waals surface area contributed by atoms with Crippen molar-refractivity contribution in [3.63, 3.8) is 0 Å². The number of carbonyl (C=O) groups is 2. The predicted molar refractivity (Wildman–Crippen MR) is 81.9 cm³/mol. The van der Waals surface area contributed by atoms with E-state index in [9.17, 15) is 23.5 Å². The van der Waals surface area contributed by atoms with Gasteiger partial charge in [0.05, 0.1) is 6.54 Å². The molecule has 0 saturated heterocycles. The van der Waals surface area contributed by atoms with Gasteiger partial charge in [0.2, 0.25) is 0 Å². The molecule has 0 aliphatic carbocycles. The minimum atomic E-state index is -1.35. The van der Waals surface area contributed by atoms with Crippen LogP contribution in [-0.2, 0) is 15.2 Å². The summed E-state index contributed by atoms with van der Waals surface area (Å²) in [4.78, 5) is 24.0. The smallest absolute Gasteiger partial charge is 0.313 e. The SMILES string of the molecule is CC(O)(CNC(=O)C(=O)Nc1c(F)cccc1F)c1cccs1. The summed E-state index contributed by atoms with van der Waals surface area (Å²) < 4.78 is 26.8. The molecule has 23 heavy (non-hydrogen) atoms. The maximum absolute atomic E-state index is 13.4. The van der Waals surface area contributed by atoms with Crippen molar-refractivity contribution in [1.82, 2.24) is 5.32 Å². The third-order valence-corrected chi connectivity index (χ3v) is 4.18. The molecular formula is C15H14F2N2O3S. The number of hydrogen-bond donors (Lipinski definition) is 3. The molecule has 2 aromatic rings. The zero-order chi connectivity index (χ0) is 17.0. The van der Waals surface area contributed by atoms with E-state index in [2.05, 4.69) is 5.32 Å². The molecule has 0 aliphatic rings. The normalized spacial score (nSPS) is 13.2. The highest BCUT2D eigenvalue weighted by molar-refractivity contribution is 7.10. The summed E-state index contributed by atoms with van der Waals surface area (Å²) in [6, 6.07) is 6.48. The third kappa shape index (κ3) is 4.11. The molecule has 3 N–H and O–H groups in total. The number of nitrogens with one attached hydrogen (secondary N) is 2. The monoisotopic (exact) mass is 340 g/mol. The fourth-order valence-corrected chi connectivity index (χ4v) is 2.58. The lowest BCUT2D eigenvalue weighted by Crippen LogP contribution is -2.43. The number of halogens is 2. The topological polar surface area (TPSA) is 78.4 Å². The van der Waals surface area contributed by atoms with Gasteiger partial charge in [-0.05, 0) is 30.5 Å². The fourth-order valence-electron chi connectivity index (χ4n) is 1.79. The van der Waals surface area contributed by atoms with Crippen LogP contribution in [0.15, 0.2) is 35.7 Å². The molecule has 2 rings (SSSR count). The number of rotatable bonds is 4. The summed E-state index contributed by atoms with van der Waals surface area (Å²) in [5, 5.41) is 16.1. The molecule has 0 radical (unpaired) electrons. The molecule has 0 spiro atoms. The van der Waals surface area contributed by atoms with Crippen molar-refractivity contribution >= 4 is 28.8 Å². The third-order valence-electron chi connectivity index (χ3n) is 3.05. The van der Waals surface area contributed by atoms with Crippen molar-refractivity contribution in [2.75, 3.05) is 11.9 Å². The predicted octanol–water partition coefficient (Wildman–Crippen LogP) is 1.99. The first-order valence-corrected chi connectivity index (χ1v) is 7.49. The summed E-state index contributed by atoms with van der Waals surface area (Å²) in [5.41, 5.74) is -2.05. The second-order valence-corrected chi connectivity index (χ2v) is 5.93. The zero-order valence-electron chi connectivity index (χ0n) is 12.1. The van der Waals surface area contributed by atoms with Crippen molar-refractivity contribution in [2.45, 2.75) is 12.5 Å². The molecule has 8 heteroatoms. The number of para-hydroxylation sites is 1. The van der Waals surface area contributed by atoms with Crippen molar-refractivity contribution in [3.05, 3.63) is 52.2 Å². The standard InChI is InChI=1S/C15H14F2N2O3S/c1-15(22,11-6-3-7-23-11)8-18-13(20)14(21)19-12-9(16)4-2-5-10(12)17/h2-7,22H,8H2,1H3,(H,18,20)(H,19,21). The molecule has 0 fully saturated rings. The molecule has 0 aliphatic heterocycles. The fraction of sp³-hybridized carbons (Fsp3) is 0.200. The Morgan fingerprint density at radius 2 is 1.83 bits per heavy atom. The molecule has 1 aromatic heterocycles. The summed E-state index contributed by atoms with van der Waals surface area (Å²) in [7, 11) is 0. The Hall–Kier alpha value is -2.32. The number of carbonyl (C=O) groups excluding carboxylic acids is 2. The Labute approximate surface area is 135 Å². The van der Waals surface area contributed by atoms with Crippen LogP contribution < -0.4 is 10.6 Å². The summed E-state index contributed by atoms with van der Waals surface area (Å²) in [6.07, 6.45) is 0. The molecule has 1 heterocycles. The van der Waals surface area contributed by atoms with Crippen LogP contribution in [0.25, 0.3) is 0 Å². The van der Waals surface area contributed by atoms with Crippen LogP contribution in [0.4, 0.5) is 14.5 Å². The van der Waals surface area contributed by atoms with Gasteiger partial charge >= 0.3 is 11.8 Å². The van der Waals surface area contributed by atoms with E-state index in [1.165, 1.54) is 18.3 Å². The molecule has 2 amide bonds. The van der Waals surface area contributed by atoms with E-state index in [-0.39, 0.29) is 6.54 Å². The number of thiophene rings is 1. The van der Waals surface area contributed by atoms with Gasteiger partial charge in [-0.1, -0.05) is 12.1 Å². The largest absolute Gasteiger partial charge is 0.383 e. The van der Waals surface area contributed by atoms with Crippen molar-refractivity contribution < 1.29 is 23.5 Å². The minimum absolute atomic E-state index is 0.223. The minimum Gasteiger partial charge on any atom is -0.383 e. The second kappa shape index (κ2) is 6.84. The average molecular weight is 340 g/mol. The average Bonchev–Trinajstić information content (AvgIpc) is 3.03. The Bertz CT molecular complexity index is 697. The number of amides is 2. The molecule has 5 nitrogen and oxygen atoms in total.